The van der Waals surface area contributed by atoms with E-state index in [4.69, 9.17) is 4.98 Å². The monoisotopic (exact) mass is 425 g/mol. The second kappa shape index (κ2) is 7.85. The number of nitrogens with zero attached hydrogens (tertiary/aromatic N) is 4. The molecule has 4 heterocycles. The fourth-order valence-corrected chi connectivity index (χ4v) is 5.23. The summed E-state index contributed by atoms with van der Waals surface area (Å²) in [4.78, 5) is 5.08. The molecule has 0 amide bonds. The summed E-state index contributed by atoms with van der Waals surface area (Å²) in [7, 11) is 0. The van der Waals surface area contributed by atoms with E-state index in [1.807, 2.05) is 18.3 Å². The van der Waals surface area contributed by atoms with Gasteiger partial charge in [0.15, 0.2) is 11.6 Å². The molecule has 3 aromatic heterocycles. The van der Waals surface area contributed by atoms with Gasteiger partial charge in [-0.3, -0.25) is 5.10 Å². The molecule has 2 atom stereocenters. The third-order valence-corrected chi connectivity index (χ3v) is 6.86. The highest BCUT2D eigenvalue weighted by Crippen LogP contribution is 2.36. The molecule has 8 heteroatoms. The zero-order valence-corrected chi connectivity index (χ0v) is 17.2. The predicted molar refractivity (Wildman–Crippen MR) is 114 cm³/mol. The van der Waals surface area contributed by atoms with E-state index in [1.54, 1.807) is 18.3 Å². The maximum atomic E-state index is 14.1. The molecule has 1 unspecified atom stereocenters. The number of pyridine rings is 1. The molecule has 0 aliphatic carbocycles. The van der Waals surface area contributed by atoms with Crippen molar-refractivity contribution in [1.82, 2.24) is 24.1 Å². The van der Waals surface area contributed by atoms with Gasteiger partial charge in [0.05, 0.1) is 27.8 Å². The third-order valence-electron chi connectivity index (χ3n) is 5.61. The molecule has 154 valence electrons. The van der Waals surface area contributed by atoms with Gasteiger partial charge in [0.1, 0.15) is 0 Å². The Morgan fingerprint density at radius 3 is 2.93 bits per heavy atom. The maximum absolute atomic E-state index is 14.1. The topological polar surface area (TPSA) is 49.7 Å². The van der Waals surface area contributed by atoms with Gasteiger partial charge < -0.3 is 4.57 Å². The summed E-state index contributed by atoms with van der Waals surface area (Å²) in [6.07, 6.45) is 6.67. The number of halogens is 2. The molecule has 1 aliphatic rings. The molecule has 1 saturated heterocycles. The first kappa shape index (κ1) is 19.3. The average Bonchev–Trinajstić information content (AvgIpc) is 3.47. The minimum atomic E-state index is -0.801. The van der Waals surface area contributed by atoms with Crippen LogP contribution in [0.25, 0.3) is 22.3 Å². The van der Waals surface area contributed by atoms with Gasteiger partial charge in [-0.15, -0.1) is 0 Å². The molecule has 5 rings (SSSR count). The van der Waals surface area contributed by atoms with E-state index < -0.39 is 11.6 Å². The van der Waals surface area contributed by atoms with Gasteiger partial charge in [0.2, 0.25) is 0 Å². The lowest BCUT2D eigenvalue weighted by Crippen LogP contribution is -2.20. The fraction of sp³-hybridized carbons (Fsp3) is 0.273. The Balaban J connectivity index is 1.30. The first-order chi connectivity index (χ1) is 14.6. The van der Waals surface area contributed by atoms with Crippen molar-refractivity contribution in [3.8, 4) is 11.3 Å². The minimum absolute atomic E-state index is 0.287. The summed E-state index contributed by atoms with van der Waals surface area (Å²) in [5.41, 5.74) is 3.90. The third kappa shape index (κ3) is 3.61. The highest BCUT2D eigenvalue weighted by molar-refractivity contribution is 7.97. The van der Waals surface area contributed by atoms with Crippen LogP contribution < -0.4 is 0 Å². The number of hydrogen-bond donors (Lipinski definition) is 1. The van der Waals surface area contributed by atoms with Crippen molar-refractivity contribution < 1.29 is 8.78 Å². The number of fused-ring (bicyclic) bond motifs is 1. The summed E-state index contributed by atoms with van der Waals surface area (Å²) in [5.74, 6) is -1.15. The average molecular weight is 426 g/mol. The largest absolute Gasteiger partial charge is 0.346 e. The van der Waals surface area contributed by atoms with E-state index in [9.17, 15) is 8.78 Å². The van der Waals surface area contributed by atoms with E-state index in [0.717, 1.165) is 47.9 Å². The molecule has 0 radical (unpaired) electrons. The zero-order valence-electron chi connectivity index (χ0n) is 16.4. The lowest BCUT2D eigenvalue weighted by atomic mass is 10.1. The lowest BCUT2D eigenvalue weighted by Gasteiger charge is -2.20. The molecule has 1 fully saturated rings. The molecule has 0 spiro atoms. The van der Waals surface area contributed by atoms with Crippen LogP contribution in [0.1, 0.15) is 13.3 Å². The quantitative estimate of drug-likeness (QED) is 0.451. The highest BCUT2D eigenvalue weighted by atomic mass is 32.2. The summed E-state index contributed by atoms with van der Waals surface area (Å²) < 4.78 is 32.0. The van der Waals surface area contributed by atoms with Crippen molar-refractivity contribution in [2.24, 2.45) is 5.92 Å². The highest BCUT2D eigenvalue weighted by Gasteiger charge is 2.31. The molecular weight excluding hydrogens is 404 g/mol. The van der Waals surface area contributed by atoms with Gasteiger partial charge >= 0.3 is 0 Å². The van der Waals surface area contributed by atoms with Gasteiger partial charge in [-0.25, -0.2) is 18.1 Å². The summed E-state index contributed by atoms with van der Waals surface area (Å²) in [5, 5.41) is 6.80. The first-order valence-electron chi connectivity index (χ1n) is 9.92. The van der Waals surface area contributed by atoms with Crippen LogP contribution in [-0.2, 0) is 6.54 Å². The van der Waals surface area contributed by atoms with Crippen LogP contribution in [-0.4, -0.2) is 36.6 Å². The van der Waals surface area contributed by atoms with E-state index in [-0.39, 0.29) is 6.04 Å². The smallest absolute Gasteiger partial charge is 0.173 e. The van der Waals surface area contributed by atoms with Crippen molar-refractivity contribution >= 4 is 23.0 Å². The molecule has 0 saturated carbocycles. The number of aromatic amines is 1. The van der Waals surface area contributed by atoms with Crippen LogP contribution >= 0.6 is 11.9 Å². The Morgan fingerprint density at radius 1 is 1.20 bits per heavy atom. The molecule has 1 N–H and O–H groups in total. The van der Waals surface area contributed by atoms with E-state index in [0.29, 0.717) is 10.8 Å². The molecule has 0 bridgehead atoms. The van der Waals surface area contributed by atoms with Crippen LogP contribution in [0, 0.1) is 17.6 Å². The number of H-pyrrole nitrogens is 1. The van der Waals surface area contributed by atoms with Crippen molar-refractivity contribution in [2.45, 2.75) is 30.8 Å². The molecule has 4 aromatic rings. The Bertz CT molecular complexity index is 1170. The second-order valence-electron chi connectivity index (χ2n) is 7.75. The number of nitrogens with one attached hydrogen (secondary N) is 1. The molecule has 1 aliphatic heterocycles. The summed E-state index contributed by atoms with van der Waals surface area (Å²) >= 11 is 1.31. The first-order valence-corrected chi connectivity index (χ1v) is 10.7. The lowest BCUT2D eigenvalue weighted by molar-refractivity contribution is 0.446. The zero-order chi connectivity index (χ0) is 20.7. The second-order valence-corrected chi connectivity index (χ2v) is 8.84. The minimum Gasteiger partial charge on any atom is -0.346 e. The molecule has 30 heavy (non-hydrogen) atoms. The van der Waals surface area contributed by atoms with Crippen molar-refractivity contribution in [2.75, 3.05) is 6.54 Å². The van der Waals surface area contributed by atoms with Gasteiger partial charge in [-0.05, 0) is 61.5 Å². The number of benzene rings is 1. The van der Waals surface area contributed by atoms with E-state index >= 15 is 0 Å². The summed E-state index contributed by atoms with van der Waals surface area (Å²) in [6, 6.07) is 10.8. The molecular formula is C22H21F2N5S. The van der Waals surface area contributed by atoms with Crippen LogP contribution in [0.5, 0.6) is 0 Å². The van der Waals surface area contributed by atoms with Crippen LogP contribution in [0.3, 0.4) is 0 Å². The van der Waals surface area contributed by atoms with Crippen molar-refractivity contribution in [3.63, 3.8) is 0 Å². The van der Waals surface area contributed by atoms with Crippen molar-refractivity contribution in [1.29, 1.82) is 0 Å². The van der Waals surface area contributed by atoms with Gasteiger partial charge in [-0.2, -0.15) is 5.10 Å². The van der Waals surface area contributed by atoms with Crippen LogP contribution in [0.2, 0.25) is 0 Å². The van der Waals surface area contributed by atoms with Gasteiger partial charge in [0, 0.05) is 37.1 Å². The van der Waals surface area contributed by atoms with Gasteiger partial charge in [-0.1, -0.05) is 6.07 Å². The normalized spacial score (nSPS) is 19.7. The number of aromatic nitrogens is 4. The Morgan fingerprint density at radius 2 is 2.10 bits per heavy atom. The Kier molecular flexibility index (Phi) is 5.04. The number of hydrogen-bond acceptors (Lipinski definition) is 4. The molecule has 1 aromatic carbocycles. The van der Waals surface area contributed by atoms with E-state index in [1.165, 1.54) is 11.9 Å². The summed E-state index contributed by atoms with van der Waals surface area (Å²) in [6.45, 7) is 3.82. The Labute approximate surface area is 177 Å². The number of rotatable bonds is 5. The maximum Gasteiger partial charge on any atom is 0.173 e. The standard InChI is InChI=1S/C22H21F2N5S/c1-14-9-15(13-29(14)30-21-4-2-3-17(23)22(21)24)12-28-8-7-19-20(28)6-5-18(27-19)16-10-25-26-11-16/h2-8,10-11,14-15H,9,12-13H2,1H3,(H,25,26)/t14-,15?/m0/s1. The van der Waals surface area contributed by atoms with E-state index in [2.05, 4.69) is 38.3 Å². The SMILES string of the molecule is C[C@H]1CC(Cn2ccc3nc(-c4cn[nH]c4)ccc32)CN1Sc1cccc(F)c1F. The fourth-order valence-electron chi connectivity index (χ4n) is 4.11. The Hall–Kier alpha value is -2.71. The van der Waals surface area contributed by atoms with Gasteiger partial charge in [0.25, 0.3) is 0 Å². The molecule has 5 nitrogen and oxygen atoms in total. The van der Waals surface area contributed by atoms with Crippen molar-refractivity contribution in [3.05, 3.63) is 66.6 Å². The van der Waals surface area contributed by atoms with Crippen LogP contribution in [0.15, 0.2) is 59.9 Å². The van der Waals surface area contributed by atoms with Crippen LogP contribution in [0.4, 0.5) is 8.78 Å². The predicted octanol–water partition coefficient (Wildman–Crippen LogP) is 5.12.